The largest absolute Gasteiger partial charge is 0.414 e. The fourth-order valence-corrected chi connectivity index (χ4v) is 7.27. The zero-order valence-electron chi connectivity index (χ0n) is 16.3. The van der Waals surface area contributed by atoms with Crippen molar-refractivity contribution in [1.82, 2.24) is 24.8 Å². The third-order valence-corrected chi connectivity index (χ3v) is 9.19. The van der Waals surface area contributed by atoms with Crippen LogP contribution in [0.5, 0.6) is 5.88 Å². The summed E-state index contributed by atoms with van der Waals surface area (Å²) in [5.74, 6) is 0.949. The number of nitrogen functional groups attached to an aromatic ring is 1. The number of amides is 2. The number of hydrogen-bond donors (Lipinski definition) is 2. The van der Waals surface area contributed by atoms with Crippen molar-refractivity contribution >= 4 is 80.3 Å². The van der Waals surface area contributed by atoms with Crippen LogP contribution in [0.4, 0.5) is 9.93 Å². The van der Waals surface area contributed by atoms with Crippen LogP contribution in [0.3, 0.4) is 0 Å². The van der Waals surface area contributed by atoms with Crippen molar-refractivity contribution in [3.63, 3.8) is 0 Å². The molecule has 2 aliphatic heterocycles. The van der Waals surface area contributed by atoms with Gasteiger partial charge >= 0.3 is 6.09 Å². The molecule has 10 nitrogen and oxygen atoms in total. The molecule has 0 aliphatic carbocycles. The predicted octanol–water partition coefficient (Wildman–Crippen LogP) is 2.39. The molecule has 0 spiro atoms. The van der Waals surface area contributed by atoms with Crippen molar-refractivity contribution < 1.29 is 14.3 Å². The molecule has 2 aromatic rings. The van der Waals surface area contributed by atoms with E-state index in [1.54, 1.807) is 29.9 Å². The van der Waals surface area contributed by atoms with Crippen molar-refractivity contribution in [1.29, 1.82) is 0 Å². The number of aliphatic imine (C=N–C) groups is 1. The lowest BCUT2D eigenvalue weighted by Gasteiger charge is -2.55. The number of ether oxygens (including phenoxy) is 1. The fraction of sp³-hybridized carbons (Fsp3) is 0.375. The van der Waals surface area contributed by atoms with Gasteiger partial charge in [-0.25, -0.2) is 4.79 Å². The van der Waals surface area contributed by atoms with Gasteiger partial charge in [0.25, 0.3) is 5.91 Å². The fourth-order valence-electron chi connectivity index (χ4n) is 3.10. The zero-order chi connectivity index (χ0) is 22.0. The third-order valence-electron chi connectivity index (χ3n) is 4.39. The summed E-state index contributed by atoms with van der Waals surface area (Å²) >= 11 is 7.01. The number of nitrogens with zero attached hydrogens (tertiary/aromatic N) is 5. The summed E-state index contributed by atoms with van der Waals surface area (Å²) in [5, 5.41) is 8.95. The number of nitrogens with one attached hydrogen (secondary N) is 1. The van der Waals surface area contributed by atoms with Crippen LogP contribution in [0, 0.1) is 0 Å². The van der Waals surface area contributed by atoms with E-state index >= 15 is 0 Å². The van der Waals surface area contributed by atoms with Crippen LogP contribution in [0.2, 0.25) is 0 Å². The highest BCUT2D eigenvalue weighted by molar-refractivity contribution is 8.15. The second-order valence-corrected chi connectivity index (χ2v) is 11.2. The van der Waals surface area contributed by atoms with E-state index in [0.717, 1.165) is 14.8 Å². The minimum absolute atomic E-state index is 0.104. The summed E-state index contributed by atoms with van der Waals surface area (Å²) < 4.78 is 10.1. The summed E-state index contributed by atoms with van der Waals surface area (Å²) in [4.78, 5) is 35.6. The molecule has 4 rings (SSSR count). The Labute approximate surface area is 198 Å². The van der Waals surface area contributed by atoms with Gasteiger partial charge in [-0.05, 0) is 17.8 Å². The number of nitrogens with two attached hydrogens (primary N) is 1. The summed E-state index contributed by atoms with van der Waals surface area (Å²) in [5.41, 5.74) is 5.41. The Balaban J connectivity index is 1.51. The SMILES string of the molecule is CN=C1S[C@@H]2N(C=C1CSc1cnns1)C(=O)[C@@]2(CSC)NC(=O)Oc1csc(N)n1. The predicted molar refractivity (Wildman–Crippen MR) is 127 cm³/mol. The highest BCUT2D eigenvalue weighted by Crippen LogP contribution is 2.46. The highest BCUT2D eigenvalue weighted by atomic mass is 32.2. The Morgan fingerprint density at radius 3 is 3.00 bits per heavy atom. The lowest BCUT2D eigenvalue weighted by Crippen LogP contribution is -2.80. The average molecular weight is 516 g/mol. The van der Waals surface area contributed by atoms with Crippen molar-refractivity contribution in [2.75, 3.05) is 30.5 Å². The first-order valence-corrected chi connectivity index (χ1v) is 13.7. The van der Waals surface area contributed by atoms with Crippen LogP contribution in [0.1, 0.15) is 0 Å². The van der Waals surface area contributed by atoms with E-state index in [4.69, 9.17) is 10.5 Å². The summed E-state index contributed by atoms with van der Waals surface area (Å²) in [6.07, 6.45) is 4.67. The minimum atomic E-state index is -1.10. The van der Waals surface area contributed by atoms with Crippen molar-refractivity contribution in [3.8, 4) is 5.88 Å². The standard InChI is InChI=1S/C16H17N7O3S5/c1-18-11-8(5-28-10-3-19-22-31-10)4-23-12(24)16(7-27-2,13(23)30-11)21-15(25)26-9-6-29-14(17)20-9/h3-4,6,13H,5,7H2,1-2H3,(H2,17,20)(H,21,25)/t13-,16+/m0/s1. The maximum atomic E-state index is 13.2. The molecular weight excluding hydrogens is 499 g/mol. The van der Waals surface area contributed by atoms with E-state index in [1.807, 2.05) is 12.5 Å². The number of carbonyl (C=O) groups is 2. The van der Waals surface area contributed by atoms with Gasteiger partial charge in [-0.3, -0.25) is 9.79 Å². The number of aromatic nitrogens is 3. The van der Waals surface area contributed by atoms with Crippen molar-refractivity contribution in [2.24, 2.45) is 4.99 Å². The molecule has 2 aromatic heterocycles. The van der Waals surface area contributed by atoms with E-state index in [9.17, 15) is 9.59 Å². The molecule has 2 amide bonds. The molecular formula is C16H17N7O3S5. The van der Waals surface area contributed by atoms with Crippen LogP contribution in [0.25, 0.3) is 0 Å². The second kappa shape index (κ2) is 9.36. The van der Waals surface area contributed by atoms with Gasteiger partial charge in [0.1, 0.15) is 9.58 Å². The molecule has 4 heterocycles. The van der Waals surface area contributed by atoms with Gasteiger partial charge in [0.2, 0.25) is 5.88 Å². The number of thioether (sulfide) groups is 3. The first-order valence-electron chi connectivity index (χ1n) is 8.74. The van der Waals surface area contributed by atoms with Crippen LogP contribution in [-0.2, 0) is 4.79 Å². The summed E-state index contributed by atoms with van der Waals surface area (Å²) in [7, 11) is 1.72. The van der Waals surface area contributed by atoms with E-state index < -0.39 is 11.6 Å². The number of fused-ring (bicyclic) bond motifs is 1. The molecule has 164 valence electrons. The highest BCUT2D eigenvalue weighted by Gasteiger charge is 2.63. The van der Waals surface area contributed by atoms with E-state index in [1.165, 1.54) is 51.8 Å². The lowest BCUT2D eigenvalue weighted by atomic mass is 9.90. The first kappa shape index (κ1) is 22.4. The molecule has 0 unspecified atom stereocenters. The third kappa shape index (κ3) is 4.41. The van der Waals surface area contributed by atoms with Crippen LogP contribution >= 0.6 is 58.2 Å². The molecule has 0 saturated carbocycles. The van der Waals surface area contributed by atoms with Crippen LogP contribution in [-0.4, -0.2) is 72.2 Å². The Bertz CT molecular complexity index is 1040. The minimum Gasteiger partial charge on any atom is -0.390 e. The summed E-state index contributed by atoms with van der Waals surface area (Å²) in [6, 6.07) is 0. The van der Waals surface area contributed by atoms with E-state index in [2.05, 4.69) is 24.9 Å². The van der Waals surface area contributed by atoms with Gasteiger partial charge in [-0.2, -0.15) is 16.7 Å². The smallest absolute Gasteiger partial charge is 0.390 e. The maximum absolute atomic E-state index is 13.2. The average Bonchev–Trinajstić information content (AvgIpc) is 3.42. The Morgan fingerprint density at radius 2 is 2.35 bits per heavy atom. The van der Waals surface area contributed by atoms with E-state index in [-0.39, 0.29) is 17.2 Å². The molecule has 2 aliphatic rings. The number of anilines is 1. The quantitative estimate of drug-likeness (QED) is 0.418. The first-order chi connectivity index (χ1) is 15.0. The second-order valence-electron chi connectivity index (χ2n) is 6.33. The number of rotatable bonds is 7. The monoisotopic (exact) mass is 515 g/mol. The topological polar surface area (TPSA) is 136 Å². The Kier molecular flexibility index (Phi) is 6.76. The van der Waals surface area contributed by atoms with E-state index in [0.29, 0.717) is 16.6 Å². The number of β-lactam (4-membered cyclic amide) rings is 1. The van der Waals surface area contributed by atoms with Gasteiger partial charge in [0, 0.05) is 30.3 Å². The van der Waals surface area contributed by atoms with Crippen molar-refractivity contribution in [2.45, 2.75) is 15.1 Å². The Morgan fingerprint density at radius 1 is 1.52 bits per heavy atom. The molecule has 0 aromatic carbocycles. The van der Waals surface area contributed by atoms with Crippen molar-refractivity contribution in [3.05, 3.63) is 23.3 Å². The lowest BCUT2D eigenvalue weighted by molar-refractivity contribution is -0.148. The van der Waals surface area contributed by atoms with Gasteiger partial charge in [-0.1, -0.05) is 16.3 Å². The van der Waals surface area contributed by atoms with Gasteiger partial charge in [0.15, 0.2) is 10.7 Å². The number of carbonyl (C=O) groups excluding carboxylic acids is 2. The molecule has 31 heavy (non-hydrogen) atoms. The number of thiazole rings is 1. The zero-order valence-corrected chi connectivity index (χ0v) is 20.4. The number of hydrogen-bond acceptors (Lipinski definition) is 13. The molecule has 0 bridgehead atoms. The molecule has 3 N–H and O–H groups in total. The molecule has 0 radical (unpaired) electrons. The molecule has 1 saturated heterocycles. The molecule has 2 atom stereocenters. The molecule has 1 fully saturated rings. The van der Waals surface area contributed by atoms with Crippen LogP contribution in [0.15, 0.2) is 32.6 Å². The van der Waals surface area contributed by atoms with Crippen LogP contribution < -0.4 is 15.8 Å². The summed E-state index contributed by atoms with van der Waals surface area (Å²) in [6.45, 7) is 0. The Hall–Kier alpha value is -1.81. The maximum Gasteiger partial charge on any atom is 0.414 e. The van der Waals surface area contributed by atoms with Gasteiger partial charge < -0.3 is 20.7 Å². The van der Waals surface area contributed by atoms with Gasteiger partial charge in [-0.15, -0.1) is 28.2 Å². The van der Waals surface area contributed by atoms with Gasteiger partial charge in [0.05, 0.1) is 16.6 Å². The normalized spacial score (nSPS) is 23.9. The molecule has 15 heteroatoms.